The fraction of sp³-hybridized carbons (Fsp3) is 0.100. The number of anilines is 1. The molecule has 1 aromatic heterocycles. The predicted molar refractivity (Wildman–Crippen MR) is 73.8 cm³/mol. The summed E-state index contributed by atoms with van der Waals surface area (Å²) in [4.78, 5) is 5.72. The van der Waals surface area contributed by atoms with Crippen LogP contribution in [-0.2, 0) is 20.0 Å². The summed E-state index contributed by atoms with van der Waals surface area (Å²) in [7, 11) is -6.68. The second kappa shape index (κ2) is 5.35. The molecule has 4 N–H and O–H groups in total. The lowest BCUT2D eigenvalue weighted by atomic mass is 10.3. The minimum atomic E-state index is -4.06. The van der Waals surface area contributed by atoms with Crippen molar-refractivity contribution in [1.29, 1.82) is 0 Å². The fourth-order valence-electron chi connectivity index (χ4n) is 1.56. The number of nitrogens with one attached hydrogen (secondary N) is 2. The molecule has 11 heteroatoms. The first kappa shape index (κ1) is 15.3. The summed E-state index contributed by atoms with van der Waals surface area (Å²) in [6.07, 6.45) is 2.32. The van der Waals surface area contributed by atoms with Crippen LogP contribution >= 0.6 is 0 Å². The minimum Gasteiger partial charge on any atom is -0.495 e. The highest BCUT2D eigenvalue weighted by Crippen LogP contribution is 2.27. The van der Waals surface area contributed by atoms with Crippen LogP contribution in [0.25, 0.3) is 0 Å². The number of imidazole rings is 1. The van der Waals surface area contributed by atoms with E-state index in [1.165, 1.54) is 25.6 Å². The Morgan fingerprint density at radius 1 is 1.29 bits per heavy atom. The van der Waals surface area contributed by atoms with Gasteiger partial charge in [-0.05, 0) is 18.2 Å². The fourth-order valence-corrected chi connectivity index (χ4v) is 3.24. The molecule has 2 aromatic rings. The van der Waals surface area contributed by atoms with Crippen LogP contribution < -0.4 is 14.6 Å². The highest BCUT2D eigenvalue weighted by Gasteiger charge is 2.19. The maximum absolute atomic E-state index is 12.0. The molecule has 114 valence electrons. The van der Waals surface area contributed by atoms with E-state index in [1.807, 2.05) is 0 Å². The smallest absolute Gasteiger partial charge is 0.278 e. The van der Waals surface area contributed by atoms with Crippen LogP contribution in [0.4, 0.5) is 5.69 Å². The number of H-pyrrole nitrogens is 1. The van der Waals surface area contributed by atoms with E-state index in [1.54, 1.807) is 0 Å². The van der Waals surface area contributed by atoms with Gasteiger partial charge in [-0.1, -0.05) is 0 Å². The van der Waals surface area contributed by atoms with Crippen molar-refractivity contribution in [1.82, 2.24) is 9.97 Å². The maximum atomic E-state index is 12.0. The van der Waals surface area contributed by atoms with Crippen LogP contribution in [0.15, 0.2) is 40.6 Å². The molecule has 0 fully saturated rings. The number of aromatic nitrogens is 2. The molecule has 9 nitrogen and oxygen atoms in total. The number of sulfonamides is 2. The molecular formula is C10H12N4O5S2. The molecule has 0 aliphatic carbocycles. The summed E-state index contributed by atoms with van der Waals surface area (Å²) >= 11 is 0. The van der Waals surface area contributed by atoms with E-state index in [4.69, 9.17) is 9.88 Å². The molecule has 0 aliphatic rings. The third kappa shape index (κ3) is 3.32. The molecule has 0 spiro atoms. The van der Waals surface area contributed by atoms with Gasteiger partial charge in [0.2, 0.25) is 10.0 Å². The number of benzene rings is 1. The molecule has 0 radical (unpaired) electrons. The lowest BCUT2D eigenvalue weighted by Crippen LogP contribution is -2.16. The van der Waals surface area contributed by atoms with Crippen LogP contribution in [-0.4, -0.2) is 33.9 Å². The molecule has 0 amide bonds. The molecule has 0 atom stereocenters. The quantitative estimate of drug-likeness (QED) is 0.695. The molecule has 1 heterocycles. The van der Waals surface area contributed by atoms with E-state index in [0.29, 0.717) is 0 Å². The number of rotatable bonds is 5. The first-order valence-corrected chi connectivity index (χ1v) is 8.49. The highest BCUT2D eigenvalue weighted by molar-refractivity contribution is 7.92. The first-order chi connectivity index (χ1) is 9.74. The summed E-state index contributed by atoms with van der Waals surface area (Å²) in [6, 6.07) is 3.72. The minimum absolute atomic E-state index is 0.0157. The van der Waals surface area contributed by atoms with Crippen LogP contribution in [0, 0.1) is 0 Å². The Hall–Kier alpha value is -2.11. The van der Waals surface area contributed by atoms with Gasteiger partial charge in [0, 0.05) is 0 Å². The van der Waals surface area contributed by atoms with Crippen LogP contribution in [0.5, 0.6) is 5.75 Å². The van der Waals surface area contributed by atoms with Gasteiger partial charge in [0.15, 0.2) is 5.03 Å². The van der Waals surface area contributed by atoms with Gasteiger partial charge >= 0.3 is 0 Å². The Bertz CT molecular complexity index is 844. The highest BCUT2D eigenvalue weighted by atomic mass is 32.2. The molecular weight excluding hydrogens is 320 g/mol. The van der Waals surface area contributed by atoms with E-state index >= 15 is 0 Å². The summed E-state index contributed by atoms with van der Waals surface area (Å²) in [5.41, 5.74) is 0.0226. The summed E-state index contributed by atoms with van der Waals surface area (Å²) in [5.74, 6) is 0.0157. The van der Waals surface area contributed by atoms with Crippen molar-refractivity contribution in [2.24, 2.45) is 5.14 Å². The molecule has 0 unspecified atom stereocenters. The number of hydrogen-bond donors (Lipinski definition) is 3. The zero-order chi connectivity index (χ0) is 15.7. The van der Waals surface area contributed by atoms with E-state index in [9.17, 15) is 16.8 Å². The molecule has 2 rings (SSSR count). The second-order valence-electron chi connectivity index (χ2n) is 3.93. The molecule has 0 aliphatic heterocycles. The van der Waals surface area contributed by atoms with Crippen molar-refractivity contribution in [3.63, 3.8) is 0 Å². The van der Waals surface area contributed by atoms with E-state index in [2.05, 4.69) is 14.7 Å². The van der Waals surface area contributed by atoms with Crippen molar-refractivity contribution in [2.45, 2.75) is 9.92 Å². The Labute approximate surface area is 121 Å². The Morgan fingerprint density at radius 3 is 2.52 bits per heavy atom. The van der Waals surface area contributed by atoms with Crippen molar-refractivity contribution >= 4 is 25.7 Å². The second-order valence-corrected chi connectivity index (χ2v) is 7.11. The number of aromatic amines is 1. The Balaban J connectivity index is 2.43. The van der Waals surface area contributed by atoms with Gasteiger partial charge in [0.05, 0.1) is 25.3 Å². The van der Waals surface area contributed by atoms with Gasteiger partial charge in [0.25, 0.3) is 10.0 Å². The van der Waals surface area contributed by atoms with Crippen LogP contribution in [0.1, 0.15) is 0 Å². The zero-order valence-corrected chi connectivity index (χ0v) is 12.4. The monoisotopic (exact) mass is 332 g/mol. The Morgan fingerprint density at radius 2 is 2.00 bits per heavy atom. The number of methoxy groups -OCH3 is 1. The average molecular weight is 332 g/mol. The van der Waals surface area contributed by atoms with Crippen LogP contribution in [0.2, 0.25) is 0 Å². The van der Waals surface area contributed by atoms with Crippen molar-refractivity contribution in [3.05, 3.63) is 30.7 Å². The maximum Gasteiger partial charge on any atom is 0.278 e. The standard InChI is InChI=1S/C10H12N4O5S2/c1-19-8-3-2-7(4-9(8)20(11,15)16)14-21(17,18)10-5-12-6-13-10/h2-6,14H,1H3,(H,12,13)(H2,11,15,16). The summed E-state index contributed by atoms with van der Waals surface area (Å²) < 4.78 is 54.0. The largest absolute Gasteiger partial charge is 0.495 e. The predicted octanol–water partition coefficient (Wildman–Crippen LogP) is -0.134. The SMILES string of the molecule is COc1ccc(NS(=O)(=O)c2cnc[nH]2)cc1S(N)(=O)=O. The van der Waals surface area contributed by atoms with Gasteiger partial charge < -0.3 is 9.72 Å². The topological polar surface area (TPSA) is 144 Å². The lowest BCUT2D eigenvalue weighted by Gasteiger charge is -2.10. The van der Waals surface area contributed by atoms with E-state index < -0.39 is 20.0 Å². The van der Waals surface area contributed by atoms with Gasteiger partial charge in [-0.2, -0.15) is 8.42 Å². The molecule has 1 aromatic carbocycles. The summed E-state index contributed by atoms with van der Waals surface area (Å²) in [6.45, 7) is 0. The first-order valence-electron chi connectivity index (χ1n) is 5.46. The van der Waals surface area contributed by atoms with Gasteiger partial charge in [-0.3, -0.25) is 4.72 Å². The molecule has 0 saturated heterocycles. The van der Waals surface area contributed by atoms with Crippen LogP contribution in [0.3, 0.4) is 0 Å². The molecule has 0 saturated carbocycles. The van der Waals surface area contributed by atoms with Gasteiger partial charge in [-0.15, -0.1) is 0 Å². The number of nitrogens with zero attached hydrogens (tertiary/aromatic N) is 1. The van der Waals surface area contributed by atoms with E-state index in [0.717, 1.165) is 12.3 Å². The third-order valence-electron chi connectivity index (χ3n) is 2.49. The van der Waals surface area contributed by atoms with Crippen molar-refractivity contribution in [2.75, 3.05) is 11.8 Å². The lowest BCUT2D eigenvalue weighted by molar-refractivity contribution is 0.403. The molecule has 0 bridgehead atoms. The molecule has 21 heavy (non-hydrogen) atoms. The van der Waals surface area contributed by atoms with Crippen molar-refractivity contribution < 1.29 is 21.6 Å². The van der Waals surface area contributed by atoms with Gasteiger partial charge in [-0.25, -0.2) is 18.5 Å². The number of ether oxygens (including phenoxy) is 1. The number of nitrogens with two attached hydrogens (primary N) is 1. The number of primary sulfonamides is 1. The third-order valence-corrected chi connectivity index (χ3v) is 4.72. The number of hydrogen-bond acceptors (Lipinski definition) is 6. The average Bonchev–Trinajstić information content (AvgIpc) is 2.92. The Kier molecular flexibility index (Phi) is 3.89. The normalized spacial score (nSPS) is 12.1. The zero-order valence-electron chi connectivity index (χ0n) is 10.8. The summed E-state index contributed by atoms with van der Waals surface area (Å²) in [5, 5.41) is 4.90. The van der Waals surface area contributed by atoms with E-state index in [-0.39, 0.29) is 21.4 Å². The van der Waals surface area contributed by atoms with Gasteiger partial charge in [0.1, 0.15) is 10.6 Å². The van der Waals surface area contributed by atoms with Crippen molar-refractivity contribution in [3.8, 4) is 5.75 Å².